The number of nitrogens with zero attached hydrogens (tertiary/aromatic N) is 2. The molecule has 0 spiro atoms. The molecular formula is C23H26N2O. The van der Waals surface area contributed by atoms with E-state index in [-0.39, 0.29) is 5.91 Å². The number of rotatable bonds is 5. The summed E-state index contributed by atoms with van der Waals surface area (Å²) in [6.07, 6.45) is 6.61. The molecule has 3 nitrogen and oxygen atoms in total. The third kappa shape index (κ3) is 3.45. The van der Waals surface area contributed by atoms with Crippen molar-refractivity contribution in [2.24, 2.45) is 0 Å². The third-order valence-corrected chi connectivity index (χ3v) is 5.80. The zero-order chi connectivity index (χ0) is 17.9. The van der Waals surface area contributed by atoms with Gasteiger partial charge in [0.25, 0.3) is 5.91 Å². The van der Waals surface area contributed by atoms with Crippen molar-refractivity contribution in [3.05, 3.63) is 83.6 Å². The van der Waals surface area contributed by atoms with E-state index >= 15 is 0 Å². The van der Waals surface area contributed by atoms with Crippen LogP contribution in [0.2, 0.25) is 0 Å². The molecule has 1 fully saturated rings. The number of hydrogen-bond donors (Lipinski definition) is 0. The predicted molar refractivity (Wildman–Crippen MR) is 105 cm³/mol. The molecule has 0 aromatic heterocycles. The summed E-state index contributed by atoms with van der Waals surface area (Å²) in [7, 11) is 2.21. The maximum Gasteiger partial charge on any atom is 0.258 e. The zero-order valence-corrected chi connectivity index (χ0v) is 15.3. The van der Waals surface area contributed by atoms with E-state index in [1.165, 1.54) is 24.1 Å². The molecule has 0 N–H and O–H groups in total. The van der Waals surface area contributed by atoms with E-state index in [2.05, 4.69) is 42.3 Å². The van der Waals surface area contributed by atoms with Crippen LogP contribution in [0.25, 0.3) is 0 Å². The molecule has 2 aliphatic heterocycles. The fraction of sp³-hybridized carbons (Fsp3) is 0.348. The van der Waals surface area contributed by atoms with Crippen LogP contribution in [-0.4, -0.2) is 41.4 Å². The molecule has 2 aromatic carbocycles. The first kappa shape index (κ1) is 17.0. The van der Waals surface area contributed by atoms with Gasteiger partial charge in [0.2, 0.25) is 0 Å². The Morgan fingerprint density at radius 3 is 2.42 bits per heavy atom. The molecule has 1 saturated heterocycles. The lowest BCUT2D eigenvalue weighted by molar-refractivity contribution is 0.0787. The molecule has 1 amide bonds. The van der Waals surface area contributed by atoms with Crippen molar-refractivity contribution in [1.29, 1.82) is 0 Å². The number of hydrogen-bond acceptors (Lipinski definition) is 2. The molecule has 2 bridgehead atoms. The summed E-state index contributed by atoms with van der Waals surface area (Å²) in [5, 5.41) is 0. The van der Waals surface area contributed by atoms with Gasteiger partial charge in [0, 0.05) is 36.3 Å². The van der Waals surface area contributed by atoms with Gasteiger partial charge in [-0.15, -0.1) is 0 Å². The number of amides is 1. The van der Waals surface area contributed by atoms with E-state index in [0.717, 1.165) is 24.9 Å². The van der Waals surface area contributed by atoms with Crippen molar-refractivity contribution >= 4 is 5.91 Å². The van der Waals surface area contributed by atoms with Crippen LogP contribution in [0.5, 0.6) is 0 Å². The molecule has 2 aliphatic rings. The number of benzene rings is 2. The molecule has 134 valence electrons. The summed E-state index contributed by atoms with van der Waals surface area (Å²) < 4.78 is 0. The monoisotopic (exact) mass is 346 g/mol. The Bertz CT molecular complexity index is 784. The van der Waals surface area contributed by atoms with Gasteiger partial charge >= 0.3 is 0 Å². The topological polar surface area (TPSA) is 23.6 Å². The number of fused-ring (bicyclic) bond motifs is 2. The summed E-state index contributed by atoms with van der Waals surface area (Å²) >= 11 is 0. The Morgan fingerprint density at radius 2 is 1.73 bits per heavy atom. The van der Waals surface area contributed by atoms with Gasteiger partial charge < -0.3 is 4.90 Å². The van der Waals surface area contributed by atoms with E-state index in [4.69, 9.17) is 0 Å². The van der Waals surface area contributed by atoms with Crippen molar-refractivity contribution in [1.82, 2.24) is 9.80 Å². The molecule has 4 rings (SSSR count). The molecule has 2 atom stereocenters. The maximum absolute atomic E-state index is 13.3. The Kier molecular flexibility index (Phi) is 4.89. The summed E-state index contributed by atoms with van der Waals surface area (Å²) in [6.45, 7) is 0.729. The van der Waals surface area contributed by atoms with E-state index in [0.29, 0.717) is 12.1 Å². The molecule has 0 radical (unpaired) electrons. The summed E-state index contributed by atoms with van der Waals surface area (Å²) in [5.41, 5.74) is 3.25. The van der Waals surface area contributed by atoms with Crippen LogP contribution in [-0.2, 0) is 6.42 Å². The van der Waals surface area contributed by atoms with Crippen LogP contribution in [0.1, 0.15) is 35.2 Å². The highest BCUT2D eigenvalue weighted by Crippen LogP contribution is 2.35. The van der Waals surface area contributed by atoms with Crippen LogP contribution < -0.4 is 0 Å². The Hall–Kier alpha value is -2.39. The average molecular weight is 346 g/mol. The Balaban J connectivity index is 1.59. The minimum atomic E-state index is 0.122. The largest absolute Gasteiger partial charge is 0.312 e. The van der Waals surface area contributed by atoms with E-state index in [9.17, 15) is 4.79 Å². The van der Waals surface area contributed by atoms with Gasteiger partial charge in [-0.05, 0) is 50.1 Å². The molecule has 2 aromatic rings. The summed E-state index contributed by atoms with van der Waals surface area (Å²) in [4.78, 5) is 17.7. The van der Waals surface area contributed by atoms with Crippen molar-refractivity contribution in [3.8, 4) is 0 Å². The molecule has 0 saturated carbocycles. The Labute approximate surface area is 155 Å². The van der Waals surface area contributed by atoms with Crippen LogP contribution in [0.3, 0.4) is 0 Å². The molecule has 3 heteroatoms. The van der Waals surface area contributed by atoms with Gasteiger partial charge in [-0.25, -0.2) is 0 Å². The molecule has 26 heavy (non-hydrogen) atoms. The van der Waals surface area contributed by atoms with E-state index < -0.39 is 0 Å². The normalized spacial score (nSPS) is 22.1. The molecular weight excluding hydrogens is 320 g/mol. The predicted octanol–water partition coefficient (Wildman–Crippen LogP) is 4.12. The SMILES string of the molecule is CN1[C@@H]2CC[C@@H]1C=C(N(CCc1ccccc1)C(=O)c1ccccc1)C2. The number of carbonyl (C=O) groups is 1. The lowest BCUT2D eigenvalue weighted by Crippen LogP contribution is -2.41. The van der Waals surface area contributed by atoms with Crippen LogP contribution >= 0.6 is 0 Å². The van der Waals surface area contributed by atoms with E-state index in [1.807, 2.05) is 41.3 Å². The lowest BCUT2D eigenvalue weighted by Gasteiger charge is -2.35. The quantitative estimate of drug-likeness (QED) is 0.813. The van der Waals surface area contributed by atoms with Gasteiger partial charge in [-0.3, -0.25) is 9.69 Å². The number of carbonyl (C=O) groups excluding carboxylic acids is 1. The van der Waals surface area contributed by atoms with Crippen LogP contribution in [0, 0.1) is 0 Å². The molecule has 0 aliphatic carbocycles. The fourth-order valence-corrected chi connectivity index (χ4v) is 4.22. The second-order valence-electron chi connectivity index (χ2n) is 7.38. The van der Waals surface area contributed by atoms with Crippen molar-refractivity contribution in [2.45, 2.75) is 37.8 Å². The third-order valence-electron chi connectivity index (χ3n) is 5.80. The van der Waals surface area contributed by atoms with Gasteiger partial charge in [-0.1, -0.05) is 48.5 Å². The maximum atomic E-state index is 13.3. The highest BCUT2D eigenvalue weighted by Gasteiger charge is 2.36. The minimum absolute atomic E-state index is 0.122. The first-order valence-corrected chi connectivity index (χ1v) is 9.56. The van der Waals surface area contributed by atoms with Crippen LogP contribution in [0.4, 0.5) is 0 Å². The second kappa shape index (κ2) is 7.46. The standard InChI is InChI=1S/C23H26N2O/c1-24-20-12-13-21(24)17-22(16-20)25(15-14-18-8-4-2-5-9-18)23(26)19-10-6-3-7-11-19/h2-11,16,20-21H,12-15,17H2,1H3/t20-,21-/m1/s1. The fourth-order valence-electron chi connectivity index (χ4n) is 4.22. The highest BCUT2D eigenvalue weighted by atomic mass is 16.2. The lowest BCUT2D eigenvalue weighted by atomic mass is 10.0. The smallest absolute Gasteiger partial charge is 0.258 e. The van der Waals surface area contributed by atoms with E-state index in [1.54, 1.807) is 0 Å². The zero-order valence-electron chi connectivity index (χ0n) is 15.3. The van der Waals surface area contributed by atoms with Gasteiger partial charge in [-0.2, -0.15) is 0 Å². The van der Waals surface area contributed by atoms with Crippen LogP contribution in [0.15, 0.2) is 72.4 Å². The summed E-state index contributed by atoms with van der Waals surface area (Å²) in [6, 6.07) is 21.2. The van der Waals surface area contributed by atoms with Gasteiger partial charge in [0.05, 0.1) is 0 Å². The number of likely N-dealkylation sites (N-methyl/N-ethyl adjacent to an activating group) is 1. The molecule has 0 unspecified atom stereocenters. The van der Waals surface area contributed by atoms with Gasteiger partial charge in [0.15, 0.2) is 0 Å². The first-order chi connectivity index (χ1) is 12.7. The first-order valence-electron chi connectivity index (χ1n) is 9.56. The average Bonchev–Trinajstić information content (AvgIpc) is 2.90. The second-order valence-corrected chi connectivity index (χ2v) is 7.38. The molecule has 2 heterocycles. The van der Waals surface area contributed by atoms with Crippen molar-refractivity contribution in [3.63, 3.8) is 0 Å². The van der Waals surface area contributed by atoms with Crippen molar-refractivity contribution in [2.75, 3.05) is 13.6 Å². The van der Waals surface area contributed by atoms with Crippen molar-refractivity contribution < 1.29 is 4.79 Å². The minimum Gasteiger partial charge on any atom is -0.312 e. The van der Waals surface area contributed by atoms with Gasteiger partial charge in [0.1, 0.15) is 0 Å². The highest BCUT2D eigenvalue weighted by molar-refractivity contribution is 5.95. The Morgan fingerprint density at radius 1 is 1.04 bits per heavy atom. The summed E-state index contributed by atoms with van der Waals surface area (Å²) in [5.74, 6) is 0.122.